The van der Waals surface area contributed by atoms with Crippen molar-refractivity contribution in [1.29, 1.82) is 0 Å². The van der Waals surface area contributed by atoms with Gasteiger partial charge in [-0.2, -0.15) is 0 Å². The van der Waals surface area contributed by atoms with Crippen molar-refractivity contribution >= 4 is 34.9 Å². The molecule has 9 heteroatoms. The van der Waals surface area contributed by atoms with E-state index in [1.54, 1.807) is 74.6 Å². The van der Waals surface area contributed by atoms with Crippen LogP contribution in [0, 0.1) is 0 Å². The molecule has 2 aromatic carbocycles. The number of benzene rings is 2. The highest BCUT2D eigenvalue weighted by atomic mass is 32.1. The van der Waals surface area contributed by atoms with E-state index in [0.29, 0.717) is 29.3 Å². The average Bonchev–Trinajstić information content (AvgIpc) is 3.45. The van der Waals surface area contributed by atoms with Gasteiger partial charge in [-0.25, -0.2) is 4.79 Å². The second-order valence-corrected chi connectivity index (χ2v) is 8.96. The molecule has 1 aromatic heterocycles. The highest BCUT2D eigenvalue weighted by molar-refractivity contribution is 7.09. The molecule has 1 N–H and O–H groups in total. The Morgan fingerprint density at radius 1 is 1.00 bits per heavy atom. The molecule has 0 aliphatic carbocycles. The molecular weight excluding hydrogens is 454 g/mol. The molecule has 4 amide bonds. The van der Waals surface area contributed by atoms with Crippen LogP contribution >= 0.6 is 11.3 Å². The fourth-order valence-electron chi connectivity index (χ4n) is 3.83. The van der Waals surface area contributed by atoms with E-state index in [-0.39, 0.29) is 12.5 Å². The number of rotatable bonds is 8. The molecule has 0 bridgehead atoms. The van der Waals surface area contributed by atoms with Crippen LogP contribution in [0.1, 0.15) is 17.4 Å². The summed E-state index contributed by atoms with van der Waals surface area (Å²) >= 11 is 1.53. The number of carbonyl (C=O) groups is 3. The molecule has 1 aliphatic heterocycles. The van der Waals surface area contributed by atoms with Crippen molar-refractivity contribution in [2.75, 3.05) is 25.7 Å². The molecule has 1 saturated heterocycles. The number of ether oxygens (including phenoxy) is 2. The first kappa shape index (κ1) is 23.3. The van der Waals surface area contributed by atoms with Crippen LogP contribution in [0.2, 0.25) is 0 Å². The van der Waals surface area contributed by atoms with Gasteiger partial charge < -0.3 is 19.7 Å². The Bertz CT molecular complexity index is 1180. The lowest BCUT2D eigenvalue weighted by atomic mass is 9.92. The van der Waals surface area contributed by atoms with Crippen molar-refractivity contribution in [1.82, 2.24) is 10.2 Å². The van der Waals surface area contributed by atoms with E-state index in [0.717, 1.165) is 9.78 Å². The van der Waals surface area contributed by atoms with Gasteiger partial charge in [-0.15, -0.1) is 11.3 Å². The molecule has 3 aromatic rings. The van der Waals surface area contributed by atoms with E-state index in [1.165, 1.54) is 11.3 Å². The van der Waals surface area contributed by atoms with Gasteiger partial charge in [0.1, 0.15) is 23.6 Å². The van der Waals surface area contributed by atoms with Crippen LogP contribution in [0.4, 0.5) is 10.5 Å². The smallest absolute Gasteiger partial charge is 0.325 e. The van der Waals surface area contributed by atoms with Crippen molar-refractivity contribution in [2.45, 2.75) is 19.0 Å². The van der Waals surface area contributed by atoms with Crippen molar-refractivity contribution in [3.63, 3.8) is 0 Å². The Labute approximate surface area is 201 Å². The SMILES string of the molecule is COc1ccc(N(Cc2cccs2)C(=O)CN2C(=O)N[C@@](C)(c3ccc(OC)cc3)C2=O)cc1. The van der Waals surface area contributed by atoms with E-state index in [9.17, 15) is 14.4 Å². The van der Waals surface area contributed by atoms with Gasteiger partial charge >= 0.3 is 6.03 Å². The first-order chi connectivity index (χ1) is 16.4. The Kier molecular flexibility index (Phi) is 6.56. The Balaban J connectivity index is 1.57. The zero-order valence-corrected chi connectivity index (χ0v) is 19.9. The van der Waals surface area contributed by atoms with Crippen molar-refractivity contribution in [2.24, 2.45) is 0 Å². The summed E-state index contributed by atoms with van der Waals surface area (Å²) in [6.07, 6.45) is 0. The molecule has 1 fully saturated rings. The van der Waals surface area contributed by atoms with E-state index in [4.69, 9.17) is 9.47 Å². The minimum absolute atomic E-state index is 0.322. The van der Waals surface area contributed by atoms with Gasteiger partial charge in [0.25, 0.3) is 5.91 Å². The maximum atomic E-state index is 13.4. The molecule has 0 saturated carbocycles. The number of hydrogen-bond acceptors (Lipinski definition) is 6. The maximum absolute atomic E-state index is 13.4. The van der Waals surface area contributed by atoms with Gasteiger partial charge in [0, 0.05) is 10.6 Å². The standard InChI is InChI=1S/C25H25N3O5S/c1-25(17-6-10-19(32-2)11-7-17)23(30)28(24(31)26-25)16-22(29)27(15-21-5-4-14-34-21)18-8-12-20(33-3)13-9-18/h4-14H,15-16H2,1-3H3,(H,26,31)/t25-/m0/s1. The van der Waals surface area contributed by atoms with Crippen LogP contribution in [-0.4, -0.2) is 43.5 Å². The summed E-state index contributed by atoms with van der Waals surface area (Å²) in [6, 6.07) is 17.2. The van der Waals surface area contributed by atoms with Gasteiger partial charge in [-0.3, -0.25) is 14.5 Å². The first-order valence-electron chi connectivity index (χ1n) is 10.6. The Hall–Kier alpha value is -3.85. The normalized spacial score (nSPS) is 17.4. The zero-order chi connectivity index (χ0) is 24.3. The summed E-state index contributed by atoms with van der Waals surface area (Å²) in [5.41, 5.74) is -0.0288. The minimum atomic E-state index is -1.28. The van der Waals surface area contributed by atoms with E-state index >= 15 is 0 Å². The van der Waals surface area contributed by atoms with Crippen molar-refractivity contribution < 1.29 is 23.9 Å². The summed E-state index contributed by atoms with van der Waals surface area (Å²) in [6.45, 7) is 1.57. The van der Waals surface area contributed by atoms with Gasteiger partial charge in [0.05, 0.1) is 20.8 Å². The van der Waals surface area contributed by atoms with E-state index in [1.807, 2.05) is 17.5 Å². The van der Waals surface area contributed by atoms with Crippen LogP contribution < -0.4 is 19.7 Å². The number of nitrogens with zero attached hydrogens (tertiary/aromatic N) is 2. The second-order valence-electron chi connectivity index (χ2n) is 7.93. The van der Waals surface area contributed by atoms with Crippen LogP contribution in [0.3, 0.4) is 0 Å². The molecule has 2 heterocycles. The molecule has 1 aliphatic rings. The summed E-state index contributed by atoms with van der Waals surface area (Å²) in [4.78, 5) is 43.0. The summed E-state index contributed by atoms with van der Waals surface area (Å²) in [5.74, 6) is 0.444. The van der Waals surface area contributed by atoms with Crippen molar-refractivity contribution in [3.05, 3.63) is 76.5 Å². The number of nitrogens with one attached hydrogen (secondary N) is 1. The number of amides is 4. The van der Waals surface area contributed by atoms with E-state index < -0.39 is 17.5 Å². The van der Waals surface area contributed by atoms with Gasteiger partial charge in [-0.1, -0.05) is 18.2 Å². The van der Waals surface area contributed by atoms with Crippen LogP contribution in [0.5, 0.6) is 11.5 Å². The third-order valence-corrected chi connectivity index (χ3v) is 6.68. The van der Waals surface area contributed by atoms with Crippen LogP contribution in [0.15, 0.2) is 66.0 Å². The van der Waals surface area contributed by atoms with E-state index in [2.05, 4.69) is 5.32 Å². The number of thiophene rings is 1. The van der Waals surface area contributed by atoms with Crippen molar-refractivity contribution in [3.8, 4) is 11.5 Å². The third kappa shape index (κ3) is 4.47. The average molecular weight is 480 g/mol. The third-order valence-electron chi connectivity index (χ3n) is 5.81. The molecule has 4 rings (SSSR count). The number of hydrogen-bond donors (Lipinski definition) is 1. The summed E-state index contributed by atoms with van der Waals surface area (Å²) in [7, 11) is 3.12. The van der Waals surface area contributed by atoms with Gasteiger partial charge in [0.2, 0.25) is 5.91 Å². The van der Waals surface area contributed by atoms with Gasteiger partial charge in [-0.05, 0) is 60.3 Å². The molecule has 1 atom stereocenters. The number of imide groups is 1. The monoisotopic (exact) mass is 479 g/mol. The lowest BCUT2D eigenvalue weighted by molar-refractivity contribution is -0.134. The fourth-order valence-corrected chi connectivity index (χ4v) is 4.52. The highest BCUT2D eigenvalue weighted by Crippen LogP contribution is 2.30. The minimum Gasteiger partial charge on any atom is -0.497 e. The number of methoxy groups -OCH3 is 2. The number of carbonyl (C=O) groups excluding carboxylic acids is 3. The quantitative estimate of drug-likeness (QED) is 0.497. The predicted molar refractivity (Wildman–Crippen MR) is 129 cm³/mol. The first-order valence-corrected chi connectivity index (χ1v) is 11.5. The molecule has 34 heavy (non-hydrogen) atoms. The molecule has 8 nitrogen and oxygen atoms in total. The maximum Gasteiger partial charge on any atom is 0.325 e. The molecule has 0 unspecified atom stereocenters. The molecule has 0 radical (unpaired) electrons. The van der Waals surface area contributed by atoms with Gasteiger partial charge in [0.15, 0.2) is 0 Å². The molecule has 0 spiro atoms. The summed E-state index contributed by atoms with van der Waals surface area (Å²) in [5, 5.41) is 4.67. The Morgan fingerprint density at radius 2 is 1.62 bits per heavy atom. The Morgan fingerprint density at radius 3 is 2.18 bits per heavy atom. The van der Waals surface area contributed by atoms with Crippen LogP contribution in [0.25, 0.3) is 0 Å². The largest absolute Gasteiger partial charge is 0.497 e. The predicted octanol–water partition coefficient (Wildman–Crippen LogP) is 3.77. The fraction of sp³-hybridized carbons (Fsp3) is 0.240. The topological polar surface area (TPSA) is 88.2 Å². The lowest BCUT2D eigenvalue weighted by Gasteiger charge is -2.25. The zero-order valence-electron chi connectivity index (χ0n) is 19.1. The summed E-state index contributed by atoms with van der Waals surface area (Å²) < 4.78 is 10.4. The van der Waals surface area contributed by atoms with Crippen LogP contribution in [-0.2, 0) is 21.7 Å². The number of anilines is 1. The second kappa shape index (κ2) is 9.56. The highest BCUT2D eigenvalue weighted by Gasteiger charge is 2.49. The lowest BCUT2D eigenvalue weighted by Crippen LogP contribution is -2.44. The molecular formula is C25H25N3O5S. The number of urea groups is 1. The molecule has 176 valence electrons.